The van der Waals surface area contributed by atoms with E-state index in [9.17, 15) is 44.0 Å². The summed E-state index contributed by atoms with van der Waals surface area (Å²) in [6.07, 6.45) is 1.28. The van der Waals surface area contributed by atoms with Crippen molar-refractivity contribution in [2.45, 2.75) is 153 Å². The van der Waals surface area contributed by atoms with Crippen LogP contribution in [0.3, 0.4) is 0 Å². The van der Waals surface area contributed by atoms with Crippen molar-refractivity contribution >= 4 is 108 Å². The molecule has 2 aromatic carbocycles. The summed E-state index contributed by atoms with van der Waals surface area (Å²) in [5.41, 5.74) is -1.70. The second-order valence-electron chi connectivity index (χ2n) is 22.9. The molecular formula is C48H66B3BrF4N4O14S2. The number of furan rings is 2. The fourth-order valence-electron chi connectivity index (χ4n) is 8.53. The molecule has 0 radical (unpaired) electrons. The van der Waals surface area contributed by atoms with E-state index in [-0.39, 0.29) is 79.4 Å². The number of carbonyl (C=O) groups is 2. The number of benzene rings is 2. The van der Waals surface area contributed by atoms with Crippen LogP contribution in [0, 0.1) is 0 Å². The molecule has 2 N–H and O–H groups in total. The van der Waals surface area contributed by atoms with E-state index in [1.807, 2.05) is 83.1 Å². The number of amides is 2. The highest BCUT2D eigenvalue weighted by Gasteiger charge is 2.65. The van der Waals surface area contributed by atoms with E-state index in [0.29, 0.717) is 15.3 Å². The van der Waals surface area contributed by atoms with Gasteiger partial charge in [-0.05, 0) is 111 Å². The van der Waals surface area contributed by atoms with Gasteiger partial charge >= 0.3 is 21.1 Å². The van der Waals surface area contributed by atoms with Gasteiger partial charge in [0.1, 0.15) is 22.7 Å². The Balaban J connectivity index is 0.000000174. The van der Waals surface area contributed by atoms with Crippen LogP contribution in [0.5, 0.6) is 0 Å². The second kappa shape index (κ2) is 19.2. The molecule has 28 heteroatoms. The van der Waals surface area contributed by atoms with E-state index < -0.39 is 94.3 Å². The standard InChI is InChI=1S/C21H27BF2N2O6S.C15H15BrF2N2O4S.C12H24B2O4/c1-19(2)20(3,4)32-22(31-19)13-8-11-15(9-14(13)26(6)33(7,28)29)30-17(12-10-21(12,23)24)16(11)18(27)25-5;1-19-14(21)12-7-4-9(16)10(20(2)25(3,22)23)5-11(7)24-13(12)8-6-15(8,17)18;1-9(2)10(3,4)16-13(15-9)14-17-11(5,6)12(7,8)18-14/h8-9,12H,10H2,1-7H3,(H,25,27);4-5,8H,6H2,1-3H3,(H,19,21);1-8H3. The van der Waals surface area contributed by atoms with Crippen LogP contribution in [-0.2, 0) is 48.0 Å². The van der Waals surface area contributed by atoms with E-state index in [1.165, 1.54) is 52.5 Å². The molecule has 418 valence electrons. The van der Waals surface area contributed by atoms with E-state index in [2.05, 4.69) is 26.6 Å². The average Bonchev–Trinajstić information content (AvgIpc) is 3.75. The maximum absolute atomic E-state index is 13.9. The van der Waals surface area contributed by atoms with Gasteiger partial charge in [-0.1, -0.05) is 0 Å². The molecule has 2 aromatic heterocycles. The molecule has 0 bridgehead atoms. The summed E-state index contributed by atoms with van der Waals surface area (Å²) < 4.78 is 153. The number of nitrogens with zero attached hydrogens (tertiary/aromatic N) is 2. The van der Waals surface area contributed by atoms with Crippen LogP contribution >= 0.6 is 15.9 Å². The van der Waals surface area contributed by atoms with Gasteiger partial charge in [-0.3, -0.25) is 18.2 Å². The number of hydrogen-bond acceptors (Lipinski definition) is 14. The zero-order valence-electron chi connectivity index (χ0n) is 45.9. The highest BCUT2D eigenvalue weighted by molar-refractivity contribution is 9.10. The van der Waals surface area contributed by atoms with E-state index >= 15 is 0 Å². The molecule has 5 heterocycles. The molecular weight excluding hydrogens is 1110 g/mol. The number of carbonyl (C=O) groups excluding carboxylic acids is 2. The predicted octanol–water partition coefficient (Wildman–Crippen LogP) is 7.93. The smallest absolute Gasteiger partial charge is 0.460 e. The van der Waals surface area contributed by atoms with Crippen LogP contribution in [0.4, 0.5) is 28.9 Å². The highest BCUT2D eigenvalue weighted by atomic mass is 79.9. The Hall–Kier alpha value is -3.89. The summed E-state index contributed by atoms with van der Waals surface area (Å²) in [5, 5.41) is 5.52. The van der Waals surface area contributed by atoms with Crippen molar-refractivity contribution in [2.24, 2.45) is 0 Å². The van der Waals surface area contributed by atoms with Crippen LogP contribution in [-0.4, -0.2) is 136 Å². The third kappa shape index (κ3) is 10.9. The van der Waals surface area contributed by atoms with Gasteiger partial charge < -0.3 is 47.4 Å². The zero-order valence-corrected chi connectivity index (χ0v) is 49.1. The molecule has 0 spiro atoms. The van der Waals surface area contributed by atoms with E-state index in [1.54, 1.807) is 0 Å². The Morgan fingerprint density at radius 1 is 0.566 bits per heavy atom. The lowest BCUT2D eigenvalue weighted by Crippen LogP contribution is -2.41. The van der Waals surface area contributed by atoms with Crippen molar-refractivity contribution < 1.29 is 80.7 Å². The van der Waals surface area contributed by atoms with Crippen LogP contribution in [0.15, 0.2) is 37.6 Å². The molecule has 18 nitrogen and oxygen atoms in total. The van der Waals surface area contributed by atoms with Gasteiger partial charge in [0.15, 0.2) is 0 Å². The molecule has 9 rings (SSSR count). The summed E-state index contributed by atoms with van der Waals surface area (Å²) >= 11 is 3.27. The molecule has 2 saturated carbocycles. The van der Waals surface area contributed by atoms with Gasteiger partial charge in [0.05, 0.1) is 80.5 Å². The van der Waals surface area contributed by atoms with Crippen LogP contribution in [0.1, 0.15) is 140 Å². The van der Waals surface area contributed by atoms with Crippen molar-refractivity contribution in [1.29, 1.82) is 0 Å². The normalized spacial score (nSPS) is 23.9. The summed E-state index contributed by atoms with van der Waals surface area (Å²) in [6, 6.07) is 5.88. The Bertz CT molecular complexity index is 3140. The Morgan fingerprint density at radius 3 is 1.18 bits per heavy atom. The zero-order chi connectivity index (χ0) is 57.4. The first-order valence-electron chi connectivity index (χ1n) is 24.4. The monoisotopic (exact) mass is 1170 g/mol. The lowest BCUT2D eigenvalue weighted by molar-refractivity contribution is 0.00578. The summed E-state index contributed by atoms with van der Waals surface area (Å²) in [7, 11) is -3.62. The number of alkyl halides is 4. The number of fused-ring (bicyclic) bond motifs is 2. The Morgan fingerprint density at radius 2 is 0.868 bits per heavy atom. The maximum atomic E-state index is 13.9. The first kappa shape index (κ1) is 59.8. The number of rotatable bonds is 10. The van der Waals surface area contributed by atoms with Crippen LogP contribution < -0.4 is 24.7 Å². The molecule has 76 heavy (non-hydrogen) atoms. The van der Waals surface area contributed by atoms with E-state index in [0.717, 1.165) is 21.1 Å². The topological polar surface area (TPSA) is 215 Å². The van der Waals surface area contributed by atoms with Crippen molar-refractivity contribution in [3.8, 4) is 0 Å². The summed E-state index contributed by atoms with van der Waals surface area (Å²) in [4.78, 5) is 24.9. The predicted molar refractivity (Wildman–Crippen MR) is 286 cm³/mol. The molecule has 2 aliphatic carbocycles. The minimum Gasteiger partial charge on any atom is -0.460 e. The molecule has 2 unspecified atom stereocenters. The molecule has 2 atom stereocenters. The lowest BCUT2D eigenvalue weighted by Gasteiger charge is -2.32. The highest BCUT2D eigenvalue weighted by Crippen LogP contribution is 2.59. The van der Waals surface area contributed by atoms with E-state index in [4.69, 9.17) is 36.8 Å². The van der Waals surface area contributed by atoms with Crippen LogP contribution in [0.2, 0.25) is 0 Å². The minimum atomic E-state index is -3.70. The van der Waals surface area contributed by atoms with Gasteiger partial charge in [-0.25, -0.2) is 34.4 Å². The average molecular weight is 1180 g/mol. The summed E-state index contributed by atoms with van der Waals surface area (Å²) in [5.74, 6) is -9.53. The number of anilines is 2. The molecule has 2 amide bonds. The summed E-state index contributed by atoms with van der Waals surface area (Å²) in [6.45, 7) is 23.6. The van der Waals surface area contributed by atoms with Gasteiger partial charge in [-0.2, -0.15) is 0 Å². The Kier molecular flexibility index (Phi) is 15.1. The number of halogens is 5. The van der Waals surface area contributed by atoms with Gasteiger partial charge in [0.2, 0.25) is 20.0 Å². The van der Waals surface area contributed by atoms with Crippen LogP contribution in [0.25, 0.3) is 21.9 Å². The minimum absolute atomic E-state index is 0.000927. The largest absolute Gasteiger partial charge is 0.497 e. The maximum Gasteiger partial charge on any atom is 0.497 e. The second-order valence-corrected chi connectivity index (χ2v) is 27.8. The quantitative estimate of drug-likeness (QED) is 0.114. The van der Waals surface area contributed by atoms with Crippen molar-refractivity contribution in [1.82, 2.24) is 10.6 Å². The third-order valence-electron chi connectivity index (χ3n) is 15.8. The van der Waals surface area contributed by atoms with Gasteiger partial charge in [-0.15, -0.1) is 0 Å². The molecule has 4 aromatic rings. The van der Waals surface area contributed by atoms with Crippen molar-refractivity contribution in [3.63, 3.8) is 0 Å². The van der Waals surface area contributed by atoms with Gasteiger partial charge in [0, 0.05) is 73.9 Å². The van der Waals surface area contributed by atoms with Crippen molar-refractivity contribution in [3.05, 3.63) is 51.4 Å². The molecule has 3 saturated heterocycles. The van der Waals surface area contributed by atoms with Gasteiger partial charge in [0.25, 0.3) is 23.7 Å². The Labute approximate surface area is 450 Å². The molecule has 3 aliphatic heterocycles. The lowest BCUT2D eigenvalue weighted by atomic mass is 9.49. The molecule has 5 fully saturated rings. The van der Waals surface area contributed by atoms with Crippen molar-refractivity contribution in [2.75, 3.05) is 49.3 Å². The third-order valence-corrected chi connectivity index (χ3v) is 18.8. The number of hydrogen-bond donors (Lipinski definition) is 2. The SMILES string of the molecule is CC1(C)OB(B2OC(C)(C)C(C)(C)O2)OC1(C)C.CNC(=O)c1c(C2CC2(F)F)oc2cc(N(C)S(C)(=O)=O)c(B3OC(C)(C)C(C)(C)O3)cc12.CNC(=O)c1c(C2CC2(F)F)oc2cc(N(C)S(C)(=O)=O)c(Br)cc12. The fraction of sp³-hybridized carbons (Fsp3) is 0.625. The fourth-order valence-corrected chi connectivity index (χ4v) is 10.3. The first-order chi connectivity index (χ1) is 34.3. The number of sulfonamides is 2. The first-order valence-corrected chi connectivity index (χ1v) is 28.8. The molecule has 5 aliphatic rings. The number of nitrogens with one attached hydrogen (secondary N) is 2.